The average Bonchev–Trinajstić information content (AvgIpc) is 3.28. The molecule has 10 nitrogen and oxygen atoms in total. The van der Waals surface area contributed by atoms with Crippen molar-refractivity contribution in [2.45, 2.75) is 24.5 Å². The Morgan fingerprint density at radius 2 is 2.12 bits per heavy atom. The molecule has 126 valence electrons. The van der Waals surface area contributed by atoms with Gasteiger partial charge in [-0.3, -0.25) is 0 Å². The van der Waals surface area contributed by atoms with E-state index in [1.165, 1.54) is 6.33 Å². The predicted molar refractivity (Wildman–Crippen MR) is 82.6 cm³/mol. The Hall–Kier alpha value is -2.40. The number of hydrogen-bond donors (Lipinski definition) is 4. The lowest BCUT2D eigenvalue weighted by molar-refractivity contribution is -0.0508. The fourth-order valence-electron chi connectivity index (χ4n) is 3.06. The maximum Gasteiger partial charge on any atom is 0.164 e. The number of hydrogen-bond acceptors (Lipinski definition) is 9. The van der Waals surface area contributed by atoms with Gasteiger partial charge in [0.1, 0.15) is 36.1 Å². The summed E-state index contributed by atoms with van der Waals surface area (Å²) in [5.41, 5.74) is 7.74. The molecule has 0 radical (unpaired) electrons. The van der Waals surface area contributed by atoms with Gasteiger partial charge in [0.25, 0.3) is 0 Å². The molecule has 1 unspecified atom stereocenters. The summed E-state index contributed by atoms with van der Waals surface area (Å²) in [7, 11) is 0. The zero-order valence-corrected chi connectivity index (χ0v) is 12.5. The van der Waals surface area contributed by atoms with Gasteiger partial charge in [0.2, 0.25) is 0 Å². The second-order valence-electron chi connectivity index (χ2n) is 5.65. The molecular weight excluding hydrogens is 316 g/mol. The van der Waals surface area contributed by atoms with E-state index in [1.807, 2.05) is 6.08 Å². The summed E-state index contributed by atoms with van der Waals surface area (Å²) in [6, 6.07) is 0. The second kappa shape index (κ2) is 5.60. The SMILES string of the molecule is Nc1ncnc2c1c(C1=CCN=N1)cn2[C@@H]1O[C@H](CO)C(O)[C@@H]1O. The van der Waals surface area contributed by atoms with Gasteiger partial charge in [-0.05, 0) is 6.08 Å². The molecule has 0 bridgehead atoms. The summed E-state index contributed by atoms with van der Waals surface area (Å²) in [5, 5.41) is 38.1. The fraction of sp³-hybridized carbons (Fsp3) is 0.429. The van der Waals surface area contributed by atoms with Gasteiger partial charge < -0.3 is 30.4 Å². The quantitative estimate of drug-likeness (QED) is 0.587. The molecule has 2 aliphatic rings. The largest absolute Gasteiger partial charge is 0.394 e. The van der Waals surface area contributed by atoms with Crippen LogP contribution >= 0.6 is 0 Å². The molecule has 0 amide bonds. The predicted octanol–water partition coefficient (Wildman–Crippen LogP) is -0.568. The van der Waals surface area contributed by atoms with Gasteiger partial charge in [-0.1, -0.05) is 0 Å². The normalized spacial score (nSPS) is 29.5. The van der Waals surface area contributed by atoms with Crippen LogP contribution in [-0.2, 0) is 4.74 Å². The third-order valence-electron chi connectivity index (χ3n) is 4.25. The van der Waals surface area contributed by atoms with Gasteiger partial charge in [-0.15, -0.1) is 0 Å². The summed E-state index contributed by atoms with van der Waals surface area (Å²) >= 11 is 0. The van der Waals surface area contributed by atoms with Crippen LogP contribution in [0.3, 0.4) is 0 Å². The van der Waals surface area contributed by atoms with Crippen molar-refractivity contribution in [1.29, 1.82) is 0 Å². The maximum absolute atomic E-state index is 10.3. The number of anilines is 1. The lowest BCUT2D eigenvalue weighted by Gasteiger charge is -2.17. The molecule has 2 aromatic rings. The summed E-state index contributed by atoms with van der Waals surface area (Å²) < 4.78 is 7.15. The van der Waals surface area contributed by atoms with Crippen molar-refractivity contribution in [3.05, 3.63) is 24.2 Å². The van der Waals surface area contributed by atoms with E-state index in [4.69, 9.17) is 10.5 Å². The Morgan fingerprint density at radius 1 is 1.29 bits per heavy atom. The molecule has 0 aliphatic carbocycles. The van der Waals surface area contributed by atoms with Crippen LogP contribution in [0.2, 0.25) is 0 Å². The molecule has 10 heteroatoms. The molecule has 4 heterocycles. The number of rotatable bonds is 3. The molecule has 0 spiro atoms. The van der Waals surface area contributed by atoms with Crippen molar-refractivity contribution in [3.8, 4) is 0 Å². The van der Waals surface area contributed by atoms with Crippen molar-refractivity contribution in [1.82, 2.24) is 14.5 Å². The first-order valence-corrected chi connectivity index (χ1v) is 7.43. The molecule has 4 rings (SSSR count). The number of nitrogens with two attached hydrogens (primary N) is 1. The zero-order valence-electron chi connectivity index (χ0n) is 12.5. The fourth-order valence-corrected chi connectivity index (χ4v) is 3.06. The molecule has 2 aliphatic heterocycles. The number of ether oxygens (including phenoxy) is 1. The highest BCUT2D eigenvalue weighted by atomic mass is 16.6. The smallest absolute Gasteiger partial charge is 0.164 e. The molecule has 1 saturated heterocycles. The van der Waals surface area contributed by atoms with Crippen molar-refractivity contribution in [2.24, 2.45) is 10.2 Å². The zero-order chi connectivity index (χ0) is 16.8. The Kier molecular flexibility index (Phi) is 3.53. The topological polar surface area (TPSA) is 151 Å². The third-order valence-corrected chi connectivity index (χ3v) is 4.25. The number of nitrogen functional groups attached to an aromatic ring is 1. The van der Waals surface area contributed by atoms with E-state index in [0.29, 0.717) is 28.8 Å². The van der Waals surface area contributed by atoms with Crippen LogP contribution in [0.1, 0.15) is 11.8 Å². The molecular formula is C14H16N6O4. The van der Waals surface area contributed by atoms with Crippen molar-refractivity contribution in [3.63, 3.8) is 0 Å². The minimum Gasteiger partial charge on any atom is -0.394 e. The van der Waals surface area contributed by atoms with Gasteiger partial charge in [0.05, 0.1) is 24.2 Å². The van der Waals surface area contributed by atoms with Crippen molar-refractivity contribution >= 4 is 22.5 Å². The molecule has 2 aromatic heterocycles. The highest BCUT2D eigenvalue weighted by Crippen LogP contribution is 2.37. The first-order chi connectivity index (χ1) is 11.6. The third kappa shape index (κ3) is 2.12. The van der Waals surface area contributed by atoms with Crippen LogP contribution in [0.25, 0.3) is 16.7 Å². The van der Waals surface area contributed by atoms with E-state index in [-0.39, 0.29) is 5.82 Å². The number of fused-ring (bicyclic) bond motifs is 1. The van der Waals surface area contributed by atoms with E-state index in [9.17, 15) is 15.3 Å². The number of nitrogens with zero attached hydrogens (tertiary/aromatic N) is 5. The number of aromatic nitrogens is 3. The molecule has 1 fully saturated rings. The Labute approximate surface area is 135 Å². The highest BCUT2D eigenvalue weighted by Gasteiger charge is 2.44. The molecule has 24 heavy (non-hydrogen) atoms. The van der Waals surface area contributed by atoms with Gasteiger partial charge in [0, 0.05) is 11.8 Å². The second-order valence-corrected chi connectivity index (χ2v) is 5.65. The minimum atomic E-state index is -1.22. The highest BCUT2D eigenvalue weighted by molar-refractivity contribution is 5.97. The van der Waals surface area contributed by atoms with E-state index < -0.39 is 31.1 Å². The van der Waals surface area contributed by atoms with Crippen molar-refractivity contribution < 1.29 is 20.1 Å². The first-order valence-electron chi connectivity index (χ1n) is 7.43. The Bertz CT molecular complexity index is 847. The van der Waals surface area contributed by atoms with Gasteiger partial charge in [-0.2, -0.15) is 10.2 Å². The summed E-state index contributed by atoms with van der Waals surface area (Å²) in [6.07, 6.45) is 0.613. The van der Waals surface area contributed by atoms with Gasteiger partial charge in [-0.25, -0.2) is 9.97 Å². The van der Waals surface area contributed by atoms with E-state index in [2.05, 4.69) is 20.2 Å². The van der Waals surface area contributed by atoms with Crippen LogP contribution in [0, 0.1) is 0 Å². The maximum atomic E-state index is 10.3. The van der Waals surface area contributed by atoms with Gasteiger partial charge in [0.15, 0.2) is 6.23 Å². The lowest BCUT2D eigenvalue weighted by atomic mass is 10.1. The summed E-state index contributed by atoms with van der Waals surface area (Å²) in [6.45, 7) is 0.0702. The van der Waals surface area contributed by atoms with Crippen LogP contribution in [-0.4, -0.2) is 61.3 Å². The van der Waals surface area contributed by atoms with Crippen LogP contribution < -0.4 is 5.73 Å². The Morgan fingerprint density at radius 3 is 2.79 bits per heavy atom. The molecule has 4 atom stereocenters. The van der Waals surface area contributed by atoms with E-state index in [1.54, 1.807) is 10.8 Å². The molecule has 0 saturated carbocycles. The molecule has 0 aromatic carbocycles. The lowest BCUT2D eigenvalue weighted by Crippen LogP contribution is -2.33. The number of azo groups is 1. The Balaban J connectivity index is 1.88. The van der Waals surface area contributed by atoms with Crippen LogP contribution in [0.15, 0.2) is 28.8 Å². The van der Waals surface area contributed by atoms with E-state index >= 15 is 0 Å². The van der Waals surface area contributed by atoms with E-state index in [0.717, 1.165) is 0 Å². The summed E-state index contributed by atoms with van der Waals surface area (Å²) in [5.74, 6) is 0.267. The monoisotopic (exact) mass is 332 g/mol. The number of aliphatic hydroxyl groups excluding tert-OH is 3. The van der Waals surface area contributed by atoms with Crippen LogP contribution in [0.5, 0.6) is 0 Å². The molecule has 5 N–H and O–H groups in total. The average molecular weight is 332 g/mol. The van der Waals surface area contributed by atoms with Gasteiger partial charge >= 0.3 is 0 Å². The van der Waals surface area contributed by atoms with Crippen LogP contribution in [0.4, 0.5) is 5.82 Å². The standard InChI is InChI=1S/C14H16N6O4/c15-12-9-6(7-1-2-18-19-7)3-20(13(9)17-5-16-12)14-11(23)10(22)8(4-21)24-14/h1,3,5,8,10-11,14,21-23H,2,4H2,(H2,15,16,17)/t8-,10?,11+,14-/m1/s1. The first kappa shape index (κ1) is 15.1. The summed E-state index contributed by atoms with van der Waals surface area (Å²) in [4.78, 5) is 8.23. The number of aliphatic hydroxyl groups is 3. The van der Waals surface area contributed by atoms with Crippen molar-refractivity contribution in [2.75, 3.05) is 18.9 Å². The minimum absolute atomic E-state index is 0.267.